The summed E-state index contributed by atoms with van der Waals surface area (Å²) in [6.45, 7) is 0.797. The normalized spacial score (nSPS) is 18.5. The molecule has 0 amide bonds. The lowest BCUT2D eigenvalue weighted by Crippen LogP contribution is -2.43. The van der Waals surface area contributed by atoms with E-state index in [0.717, 1.165) is 24.2 Å². The number of ether oxygens (including phenoxy) is 1. The predicted molar refractivity (Wildman–Crippen MR) is 106 cm³/mol. The number of hydrogen-bond donors (Lipinski definition) is 0. The molecule has 0 saturated carbocycles. The van der Waals surface area contributed by atoms with Gasteiger partial charge in [0, 0.05) is 32.1 Å². The molecule has 1 aromatic heterocycles. The van der Waals surface area contributed by atoms with Gasteiger partial charge in [0.2, 0.25) is 15.9 Å². The molecule has 7 nitrogen and oxygen atoms in total. The van der Waals surface area contributed by atoms with Crippen molar-refractivity contribution in [3.8, 4) is 5.88 Å². The van der Waals surface area contributed by atoms with E-state index < -0.39 is 10.0 Å². The van der Waals surface area contributed by atoms with E-state index in [4.69, 9.17) is 4.74 Å². The van der Waals surface area contributed by atoms with Crippen molar-refractivity contribution >= 4 is 21.9 Å². The number of aromatic nitrogens is 2. The minimum Gasteiger partial charge on any atom is -0.472 e. The molecule has 0 spiro atoms. The highest BCUT2D eigenvalue weighted by Crippen LogP contribution is 2.20. The summed E-state index contributed by atoms with van der Waals surface area (Å²) in [5.41, 5.74) is 0.849. The molecule has 1 saturated heterocycles. The van der Waals surface area contributed by atoms with Crippen molar-refractivity contribution in [2.45, 2.75) is 18.9 Å². The summed E-state index contributed by atoms with van der Waals surface area (Å²) in [6, 6.07) is 13.0. The summed E-state index contributed by atoms with van der Waals surface area (Å²) in [7, 11) is 0.278. The number of hydrogen-bond acceptors (Lipinski definition) is 6. The van der Waals surface area contributed by atoms with Gasteiger partial charge in [-0.25, -0.2) is 8.42 Å². The number of rotatable bonds is 6. The second-order valence-electron chi connectivity index (χ2n) is 6.62. The van der Waals surface area contributed by atoms with Crippen LogP contribution in [0.2, 0.25) is 0 Å². The van der Waals surface area contributed by atoms with Crippen LogP contribution in [-0.4, -0.2) is 56.2 Å². The predicted octanol–water partition coefficient (Wildman–Crippen LogP) is 2.39. The molecule has 8 heteroatoms. The molecule has 144 valence electrons. The zero-order valence-electron chi connectivity index (χ0n) is 15.5. The first-order valence-corrected chi connectivity index (χ1v) is 10.4. The third kappa shape index (κ3) is 5.27. The van der Waals surface area contributed by atoms with E-state index in [9.17, 15) is 8.42 Å². The maximum atomic E-state index is 12.6. The van der Waals surface area contributed by atoms with Crippen LogP contribution in [-0.2, 0) is 10.0 Å². The maximum absolute atomic E-state index is 12.6. The van der Waals surface area contributed by atoms with Crippen LogP contribution in [0.25, 0.3) is 6.08 Å². The van der Waals surface area contributed by atoms with Crippen molar-refractivity contribution < 1.29 is 13.2 Å². The third-order valence-electron chi connectivity index (χ3n) is 4.30. The molecule has 1 fully saturated rings. The van der Waals surface area contributed by atoms with E-state index in [-0.39, 0.29) is 6.10 Å². The summed E-state index contributed by atoms with van der Waals surface area (Å²) in [5.74, 6) is 1.14. The van der Waals surface area contributed by atoms with Crippen molar-refractivity contribution in [1.29, 1.82) is 0 Å². The molecule has 0 aliphatic carbocycles. The smallest absolute Gasteiger partial charge is 0.236 e. The summed E-state index contributed by atoms with van der Waals surface area (Å²) < 4.78 is 32.6. The number of benzene rings is 1. The molecular weight excluding hydrogens is 364 g/mol. The lowest BCUT2D eigenvalue weighted by atomic mass is 10.1. The lowest BCUT2D eigenvalue weighted by Gasteiger charge is -2.30. The van der Waals surface area contributed by atoms with Crippen molar-refractivity contribution in [2.24, 2.45) is 0 Å². The molecule has 0 bridgehead atoms. The summed E-state index contributed by atoms with van der Waals surface area (Å²) in [4.78, 5) is 1.85. The highest BCUT2D eigenvalue weighted by molar-refractivity contribution is 7.92. The Labute approximate surface area is 160 Å². The van der Waals surface area contributed by atoms with Gasteiger partial charge in [0.1, 0.15) is 6.10 Å². The molecule has 2 heterocycles. The quantitative estimate of drug-likeness (QED) is 0.756. The van der Waals surface area contributed by atoms with Gasteiger partial charge in [-0.05, 0) is 30.5 Å². The second-order valence-corrected chi connectivity index (χ2v) is 8.44. The second kappa shape index (κ2) is 8.49. The van der Waals surface area contributed by atoms with Crippen LogP contribution in [0, 0.1) is 0 Å². The van der Waals surface area contributed by atoms with Gasteiger partial charge < -0.3 is 9.64 Å². The Bertz CT molecular complexity index is 868. The van der Waals surface area contributed by atoms with E-state index in [1.807, 2.05) is 55.4 Å². The largest absolute Gasteiger partial charge is 0.472 e. The molecule has 1 atom stereocenters. The fourth-order valence-corrected chi connectivity index (χ4v) is 4.09. The molecule has 1 aliphatic rings. The Morgan fingerprint density at radius 3 is 2.59 bits per heavy atom. The first-order valence-electron chi connectivity index (χ1n) is 8.85. The Morgan fingerprint density at radius 2 is 1.93 bits per heavy atom. The highest BCUT2D eigenvalue weighted by Gasteiger charge is 2.28. The molecule has 1 unspecified atom stereocenters. The summed E-state index contributed by atoms with van der Waals surface area (Å²) in [5, 5.41) is 9.40. The van der Waals surface area contributed by atoms with E-state index in [1.165, 1.54) is 9.71 Å². The Morgan fingerprint density at radius 1 is 1.15 bits per heavy atom. The van der Waals surface area contributed by atoms with Crippen LogP contribution in [0.5, 0.6) is 5.88 Å². The Hall–Kier alpha value is -2.45. The van der Waals surface area contributed by atoms with Gasteiger partial charge in [-0.3, -0.25) is 0 Å². The first-order chi connectivity index (χ1) is 12.9. The average molecular weight is 388 g/mol. The SMILES string of the molecule is CN(C)c1ccc(OC2CCCN(S(=O)(=O)/C=C/c3ccccc3)C2)nn1. The van der Waals surface area contributed by atoms with Crippen molar-refractivity contribution in [3.63, 3.8) is 0 Å². The van der Waals surface area contributed by atoms with E-state index >= 15 is 0 Å². The molecule has 0 radical (unpaired) electrons. The average Bonchev–Trinajstić information content (AvgIpc) is 2.68. The molecule has 27 heavy (non-hydrogen) atoms. The van der Waals surface area contributed by atoms with Gasteiger partial charge >= 0.3 is 0 Å². The number of piperidine rings is 1. The van der Waals surface area contributed by atoms with Crippen molar-refractivity contribution in [3.05, 3.63) is 53.4 Å². The highest BCUT2D eigenvalue weighted by atomic mass is 32.2. The lowest BCUT2D eigenvalue weighted by molar-refractivity contribution is 0.124. The maximum Gasteiger partial charge on any atom is 0.236 e. The van der Waals surface area contributed by atoms with Crippen LogP contribution in [0.15, 0.2) is 47.9 Å². The Kier molecular flexibility index (Phi) is 6.08. The third-order valence-corrected chi connectivity index (χ3v) is 5.84. The summed E-state index contributed by atoms with van der Waals surface area (Å²) >= 11 is 0. The van der Waals surface area contributed by atoms with E-state index in [0.29, 0.717) is 19.0 Å². The fourth-order valence-electron chi connectivity index (χ4n) is 2.83. The van der Waals surface area contributed by atoms with Gasteiger partial charge in [0.05, 0.1) is 6.54 Å². The zero-order valence-corrected chi connectivity index (χ0v) is 16.3. The minimum atomic E-state index is -3.49. The van der Waals surface area contributed by atoms with E-state index in [1.54, 1.807) is 12.1 Å². The molecule has 1 aromatic carbocycles. The van der Waals surface area contributed by atoms with E-state index in [2.05, 4.69) is 10.2 Å². The fraction of sp³-hybridized carbons (Fsp3) is 0.368. The number of nitrogens with zero attached hydrogens (tertiary/aromatic N) is 4. The Balaban J connectivity index is 1.63. The van der Waals surface area contributed by atoms with Gasteiger partial charge in [0.25, 0.3) is 0 Å². The zero-order chi connectivity index (χ0) is 19.3. The van der Waals surface area contributed by atoms with Crippen LogP contribution < -0.4 is 9.64 Å². The van der Waals surface area contributed by atoms with Crippen LogP contribution in [0.3, 0.4) is 0 Å². The van der Waals surface area contributed by atoms with Crippen molar-refractivity contribution in [2.75, 3.05) is 32.1 Å². The monoisotopic (exact) mass is 388 g/mol. The van der Waals surface area contributed by atoms with Gasteiger partial charge in [-0.15, -0.1) is 10.2 Å². The number of anilines is 1. The summed E-state index contributed by atoms with van der Waals surface area (Å²) in [6.07, 6.45) is 2.90. The van der Waals surface area contributed by atoms with Crippen LogP contribution in [0.4, 0.5) is 5.82 Å². The minimum absolute atomic E-state index is 0.238. The van der Waals surface area contributed by atoms with Crippen LogP contribution in [0.1, 0.15) is 18.4 Å². The molecular formula is C19H24N4O3S. The topological polar surface area (TPSA) is 75.6 Å². The van der Waals surface area contributed by atoms with Gasteiger partial charge in [-0.2, -0.15) is 4.31 Å². The standard InChI is InChI=1S/C19H24N4O3S/c1-22(2)18-10-11-19(21-20-18)26-17-9-6-13-23(15-17)27(24,25)14-12-16-7-4-3-5-8-16/h3-5,7-8,10-12,14,17H,6,9,13,15H2,1-2H3/b14-12+. The molecule has 3 rings (SSSR count). The molecule has 2 aromatic rings. The molecule has 1 aliphatic heterocycles. The van der Waals surface area contributed by atoms with Crippen molar-refractivity contribution in [1.82, 2.24) is 14.5 Å². The molecule has 0 N–H and O–H groups in total. The first kappa shape index (κ1) is 19.3. The van der Waals surface area contributed by atoms with Gasteiger partial charge in [-0.1, -0.05) is 30.3 Å². The van der Waals surface area contributed by atoms with Gasteiger partial charge in [0.15, 0.2) is 5.82 Å². The number of sulfonamides is 1. The van der Waals surface area contributed by atoms with Crippen LogP contribution >= 0.6 is 0 Å².